The van der Waals surface area contributed by atoms with E-state index in [1.165, 1.54) is 0 Å². The summed E-state index contributed by atoms with van der Waals surface area (Å²) >= 11 is 3.54. The maximum atomic E-state index is 11.6. The Labute approximate surface area is 115 Å². The number of carbonyl (C=O) groups is 1. The number of nitrogens with one attached hydrogen (secondary N) is 1. The number of pyridine rings is 1. The van der Waals surface area contributed by atoms with Crippen LogP contribution in [0.5, 0.6) is 0 Å². The molecular weight excluding hydrogens is 298 g/mol. The maximum Gasteiger partial charge on any atom is 0.250 e. The highest BCUT2D eigenvalue weighted by atomic mass is 79.9. The smallest absolute Gasteiger partial charge is 0.250 e. The summed E-state index contributed by atoms with van der Waals surface area (Å²) in [5.41, 5.74) is 2.00. The largest absolute Gasteiger partial charge is 0.365 e. The molecule has 1 aliphatic rings. The van der Waals surface area contributed by atoms with E-state index in [0.717, 1.165) is 22.4 Å². The lowest BCUT2D eigenvalue weighted by molar-refractivity contribution is -0.132. The molecule has 1 aromatic heterocycles. The Kier molecular flexibility index (Phi) is 4.19. The highest BCUT2D eigenvalue weighted by molar-refractivity contribution is 9.10. The standard InChI is InChI=1S/C12H16BrN3O2/c1-8-11(13)9(3-4-15-8)16-5-6-18-10(7-16)12(17)14-2/h3-4,10H,5-7H2,1-2H3,(H,14,17). The number of amides is 1. The molecule has 98 valence electrons. The normalized spacial score (nSPS) is 19.7. The summed E-state index contributed by atoms with van der Waals surface area (Å²) in [6.07, 6.45) is 1.36. The van der Waals surface area contributed by atoms with E-state index in [1.54, 1.807) is 13.2 Å². The third-order valence-electron chi connectivity index (χ3n) is 2.99. The number of anilines is 1. The topological polar surface area (TPSA) is 54.5 Å². The van der Waals surface area contributed by atoms with E-state index >= 15 is 0 Å². The Bertz CT molecular complexity index is 453. The first-order chi connectivity index (χ1) is 8.63. The molecule has 2 heterocycles. The highest BCUT2D eigenvalue weighted by Crippen LogP contribution is 2.29. The van der Waals surface area contributed by atoms with Crippen LogP contribution in [0.25, 0.3) is 0 Å². The van der Waals surface area contributed by atoms with Crippen LogP contribution in [-0.4, -0.2) is 43.7 Å². The van der Waals surface area contributed by atoms with Gasteiger partial charge in [0.1, 0.15) is 0 Å². The number of nitrogens with zero attached hydrogens (tertiary/aromatic N) is 2. The van der Waals surface area contributed by atoms with Gasteiger partial charge in [-0.1, -0.05) is 0 Å². The van der Waals surface area contributed by atoms with Gasteiger partial charge in [-0.3, -0.25) is 9.78 Å². The third kappa shape index (κ3) is 2.64. The van der Waals surface area contributed by atoms with Crippen LogP contribution < -0.4 is 10.2 Å². The zero-order valence-corrected chi connectivity index (χ0v) is 12.0. The van der Waals surface area contributed by atoms with Crippen molar-refractivity contribution >= 4 is 27.5 Å². The summed E-state index contributed by atoms with van der Waals surface area (Å²) in [4.78, 5) is 18.0. The third-order valence-corrected chi connectivity index (χ3v) is 3.97. The molecule has 6 heteroatoms. The van der Waals surface area contributed by atoms with E-state index in [1.807, 2.05) is 13.0 Å². The van der Waals surface area contributed by atoms with Crippen molar-refractivity contribution in [2.24, 2.45) is 0 Å². The zero-order chi connectivity index (χ0) is 13.1. The van der Waals surface area contributed by atoms with Gasteiger partial charge >= 0.3 is 0 Å². The van der Waals surface area contributed by atoms with E-state index < -0.39 is 6.10 Å². The van der Waals surface area contributed by atoms with Crippen LogP contribution in [0.4, 0.5) is 5.69 Å². The minimum atomic E-state index is -0.413. The highest BCUT2D eigenvalue weighted by Gasteiger charge is 2.27. The number of rotatable bonds is 2. The van der Waals surface area contributed by atoms with Gasteiger partial charge in [0.2, 0.25) is 0 Å². The molecule has 5 nitrogen and oxygen atoms in total. The van der Waals surface area contributed by atoms with Crippen molar-refractivity contribution < 1.29 is 9.53 Å². The summed E-state index contributed by atoms with van der Waals surface area (Å²) in [5, 5.41) is 2.62. The van der Waals surface area contributed by atoms with Crippen LogP contribution in [0.3, 0.4) is 0 Å². The zero-order valence-electron chi connectivity index (χ0n) is 10.4. The number of aryl methyl sites for hydroxylation is 1. The Morgan fingerprint density at radius 1 is 1.67 bits per heavy atom. The van der Waals surface area contributed by atoms with E-state index in [-0.39, 0.29) is 5.91 Å². The van der Waals surface area contributed by atoms with Crippen molar-refractivity contribution in [2.45, 2.75) is 13.0 Å². The molecule has 1 aromatic rings. The average molecular weight is 314 g/mol. The molecule has 0 saturated carbocycles. The second kappa shape index (κ2) is 5.67. The molecule has 1 fully saturated rings. The quantitative estimate of drug-likeness (QED) is 0.888. The summed E-state index contributed by atoms with van der Waals surface area (Å²) in [5.74, 6) is -0.0819. The van der Waals surface area contributed by atoms with Crippen molar-refractivity contribution in [1.82, 2.24) is 10.3 Å². The van der Waals surface area contributed by atoms with Gasteiger partial charge in [0, 0.05) is 19.8 Å². The van der Waals surface area contributed by atoms with Gasteiger partial charge < -0.3 is 15.0 Å². The van der Waals surface area contributed by atoms with E-state index in [4.69, 9.17) is 4.74 Å². The molecular formula is C12H16BrN3O2. The molecule has 1 atom stereocenters. The number of morpholine rings is 1. The Balaban J connectivity index is 2.18. The number of likely N-dealkylation sites (N-methyl/N-ethyl adjacent to an activating group) is 1. The second-order valence-corrected chi connectivity index (χ2v) is 4.94. The summed E-state index contributed by atoms with van der Waals surface area (Å²) < 4.78 is 6.44. The van der Waals surface area contributed by atoms with E-state index in [0.29, 0.717) is 13.2 Å². The number of ether oxygens (including phenoxy) is 1. The second-order valence-electron chi connectivity index (χ2n) is 4.15. The van der Waals surface area contributed by atoms with Crippen molar-refractivity contribution in [1.29, 1.82) is 0 Å². The Hall–Kier alpha value is -1.14. The molecule has 1 N–H and O–H groups in total. The molecule has 2 rings (SSSR count). The molecule has 18 heavy (non-hydrogen) atoms. The van der Waals surface area contributed by atoms with Gasteiger partial charge in [-0.2, -0.15) is 0 Å². The number of hydrogen-bond donors (Lipinski definition) is 1. The van der Waals surface area contributed by atoms with Crippen LogP contribution in [0.1, 0.15) is 5.69 Å². The summed E-state index contributed by atoms with van der Waals surface area (Å²) in [6.45, 7) is 3.83. The molecule has 1 aliphatic heterocycles. The van der Waals surface area contributed by atoms with Gasteiger partial charge in [-0.25, -0.2) is 0 Å². The molecule has 0 aliphatic carbocycles. The minimum absolute atomic E-state index is 0.0819. The maximum absolute atomic E-state index is 11.6. The lowest BCUT2D eigenvalue weighted by Gasteiger charge is -2.34. The molecule has 1 saturated heterocycles. The number of halogens is 1. The van der Waals surface area contributed by atoms with Crippen molar-refractivity contribution in [3.63, 3.8) is 0 Å². The van der Waals surface area contributed by atoms with Crippen LogP contribution in [0.2, 0.25) is 0 Å². The molecule has 0 radical (unpaired) electrons. The van der Waals surface area contributed by atoms with Crippen molar-refractivity contribution in [2.75, 3.05) is 31.6 Å². The summed E-state index contributed by atoms with van der Waals surface area (Å²) in [6, 6.07) is 1.95. The first-order valence-corrected chi connectivity index (χ1v) is 6.62. The van der Waals surface area contributed by atoms with Crippen molar-refractivity contribution in [3.8, 4) is 0 Å². The van der Waals surface area contributed by atoms with Crippen LogP contribution in [0.15, 0.2) is 16.7 Å². The van der Waals surface area contributed by atoms with Gasteiger partial charge in [0.25, 0.3) is 5.91 Å². The Morgan fingerprint density at radius 3 is 3.17 bits per heavy atom. The summed E-state index contributed by atoms with van der Waals surface area (Å²) in [7, 11) is 1.62. The van der Waals surface area contributed by atoms with Gasteiger partial charge in [-0.05, 0) is 28.9 Å². The van der Waals surface area contributed by atoms with E-state index in [2.05, 4.69) is 31.1 Å². The lowest BCUT2D eigenvalue weighted by atomic mass is 10.2. The lowest BCUT2D eigenvalue weighted by Crippen LogP contribution is -2.49. The monoisotopic (exact) mass is 313 g/mol. The predicted molar refractivity (Wildman–Crippen MR) is 72.7 cm³/mol. The van der Waals surface area contributed by atoms with Crippen LogP contribution in [-0.2, 0) is 9.53 Å². The molecule has 0 aromatic carbocycles. The molecule has 0 bridgehead atoms. The van der Waals surface area contributed by atoms with E-state index in [9.17, 15) is 4.79 Å². The first kappa shape index (κ1) is 13.3. The van der Waals surface area contributed by atoms with Crippen molar-refractivity contribution in [3.05, 3.63) is 22.4 Å². The predicted octanol–water partition coefficient (Wildman–Crippen LogP) is 1.10. The fourth-order valence-corrected chi connectivity index (χ4v) is 2.45. The van der Waals surface area contributed by atoms with Gasteiger partial charge in [-0.15, -0.1) is 0 Å². The van der Waals surface area contributed by atoms with Crippen LogP contribution in [0, 0.1) is 6.92 Å². The molecule has 0 spiro atoms. The number of carbonyl (C=O) groups excluding carboxylic acids is 1. The van der Waals surface area contributed by atoms with Gasteiger partial charge in [0.15, 0.2) is 6.10 Å². The van der Waals surface area contributed by atoms with Crippen LogP contribution >= 0.6 is 15.9 Å². The molecule has 1 unspecified atom stereocenters. The first-order valence-electron chi connectivity index (χ1n) is 5.82. The fourth-order valence-electron chi connectivity index (χ4n) is 1.97. The minimum Gasteiger partial charge on any atom is -0.365 e. The van der Waals surface area contributed by atoms with Gasteiger partial charge in [0.05, 0.1) is 29.0 Å². The fraction of sp³-hybridized carbons (Fsp3) is 0.500. The number of hydrogen-bond acceptors (Lipinski definition) is 4. The number of aromatic nitrogens is 1. The average Bonchev–Trinajstić information content (AvgIpc) is 2.41. The Morgan fingerprint density at radius 2 is 2.44 bits per heavy atom. The SMILES string of the molecule is CNC(=O)C1CN(c2ccnc(C)c2Br)CCO1. The molecule has 1 amide bonds.